The van der Waals surface area contributed by atoms with Gasteiger partial charge in [-0.25, -0.2) is 0 Å². The molecule has 0 aromatic rings. The fourth-order valence-corrected chi connectivity index (χ4v) is 4.55. The molecular formula is C23H43NaO7S. The van der Waals surface area contributed by atoms with E-state index in [2.05, 4.69) is 19.9 Å². The van der Waals surface area contributed by atoms with Gasteiger partial charge in [0.25, 0.3) is 10.1 Å². The summed E-state index contributed by atoms with van der Waals surface area (Å²) in [6.07, 6.45) is 21.4. The Morgan fingerprint density at radius 3 is 1.50 bits per heavy atom. The average molecular weight is 487 g/mol. The molecule has 0 aromatic heterocycles. The molecule has 0 amide bonds. The second kappa shape index (κ2) is 22.4. The number of carboxylic acid groups (broad SMARTS) is 2. The van der Waals surface area contributed by atoms with Crippen molar-refractivity contribution in [2.45, 2.75) is 119 Å². The predicted octanol–water partition coefficient (Wildman–Crippen LogP) is 5.80. The van der Waals surface area contributed by atoms with Gasteiger partial charge in [-0.05, 0) is 0 Å². The van der Waals surface area contributed by atoms with E-state index in [1.165, 1.54) is 121 Å². The number of hydrogen-bond acceptors (Lipinski definition) is 4. The minimum Gasteiger partial charge on any atom is -0.481 e. The van der Waals surface area contributed by atoms with Crippen molar-refractivity contribution in [2.24, 2.45) is 0 Å². The predicted molar refractivity (Wildman–Crippen MR) is 130 cm³/mol. The molecular weight excluding hydrogens is 443 g/mol. The zero-order chi connectivity index (χ0) is 24.8. The van der Waals surface area contributed by atoms with E-state index in [1.807, 2.05) is 0 Å². The molecule has 0 aliphatic rings. The van der Waals surface area contributed by atoms with Crippen molar-refractivity contribution < 1.29 is 32.8 Å². The fourth-order valence-electron chi connectivity index (χ4n) is 3.36. The summed E-state index contributed by atoms with van der Waals surface area (Å²) in [7, 11) is -4.84. The van der Waals surface area contributed by atoms with Gasteiger partial charge in [0.2, 0.25) is 0 Å². The van der Waals surface area contributed by atoms with E-state index in [4.69, 9.17) is 14.8 Å². The number of unbranched alkanes of at least 4 members (excludes halogenated alkanes) is 10. The summed E-state index contributed by atoms with van der Waals surface area (Å²) in [5.41, 5.74) is 1.78. The third-order valence-corrected chi connectivity index (χ3v) is 6.69. The van der Waals surface area contributed by atoms with Gasteiger partial charge in [-0.15, -0.1) is 0 Å². The third-order valence-electron chi connectivity index (χ3n) is 5.19. The maximum absolute atomic E-state index is 10.2. The minimum atomic E-state index is -4.84. The number of carbonyl (C=O) groups is 2. The van der Waals surface area contributed by atoms with Crippen molar-refractivity contribution in [1.82, 2.24) is 0 Å². The summed E-state index contributed by atoms with van der Waals surface area (Å²) in [6, 6.07) is 0. The van der Waals surface area contributed by atoms with Gasteiger partial charge in [0.15, 0.2) is 5.25 Å². The molecule has 1 unspecified atom stereocenters. The van der Waals surface area contributed by atoms with Crippen LogP contribution in [0.15, 0.2) is 11.6 Å². The molecule has 1 atom stereocenters. The van der Waals surface area contributed by atoms with E-state index < -0.39 is 33.7 Å². The third kappa shape index (κ3) is 22.8. The zero-order valence-electron chi connectivity index (χ0n) is 20.4. The standard InChI is InChI=1S/C19H37.C4H6O7S.Na/c1-4-7-9-11-13-15-17-19(6-3)18-16-14-12-10-8-5-2;5-3(6)1-2(4(7)8)12(9,10)11;/h6H,3-5,7-18H2,1-2H3;2H,1H2,(H,5,6)(H,7,8)(H,9,10,11);. The molecule has 184 valence electrons. The van der Waals surface area contributed by atoms with Crippen molar-refractivity contribution in [3.63, 3.8) is 0 Å². The van der Waals surface area contributed by atoms with E-state index in [-0.39, 0.29) is 0 Å². The van der Waals surface area contributed by atoms with Crippen LogP contribution in [0, 0.1) is 0 Å². The Labute approximate surface area is 212 Å². The van der Waals surface area contributed by atoms with Crippen LogP contribution < -0.4 is 0 Å². The number of rotatable bonds is 19. The van der Waals surface area contributed by atoms with Crippen LogP contribution >= 0.6 is 0 Å². The van der Waals surface area contributed by atoms with Crippen molar-refractivity contribution >= 4 is 50.0 Å². The van der Waals surface area contributed by atoms with Gasteiger partial charge >= 0.3 is 159 Å². The molecule has 0 bridgehead atoms. The van der Waals surface area contributed by atoms with Gasteiger partial charge in [0.1, 0.15) is 0 Å². The summed E-state index contributed by atoms with van der Waals surface area (Å²) in [5.74, 6) is -3.50. The number of allylic oxidation sites excluding steroid dienone is 2. The van der Waals surface area contributed by atoms with Gasteiger partial charge in [0.05, 0.1) is 6.42 Å². The second-order valence-electron chi connectivity index (χ2n) is 8.25. The van der Waals surface area contributed by atoms with Crippen LogP contribution in [0.5, 0.6) is 0 Å². The molecule has 7 nitrogen and oxygen atoms in total. The topological polar surface area (TPSA) is 129 Å². The Hall–Kier alpha value is -0.410. The number of aliphatic carboxylic acids is 2. The molecule has 0 saturated carbocycles. The Bertz CT molecular complexity index is 600. The van der Waals surface area contributed by atoms with Crippen molar-refractivity contribution in [2.75, 3.05) is 0 Å². The summed E-state index contributed by atoms with van der Waals surface area (Å²) >= 11 is 1.33. The van der Waals surface area contributed by atoms with Crippen molar-refractivity contribution in [3.05, 3.63) is 11.6 Å². The average Bonchev–Trinajstić information content (AvgIpc) is 2.70. The monoisotopic (exact) mass is 486 g/mol. The van der Waals surface area contributed by atoms with Crippen LogP contribution in [-0.2, 0) is 19.7 Å². The Morgan fingerprint density at radius 2 is 1.22 bits per heavy atom. The SMILES string of the molecule is CCCCCCCCC(=C[CH2][Na])CCCCCCCC.O=C(O)CC(C(=O)O)S(=O)(=O)O. The minimum absolute atomic E-state index is 1.16. The first kappa shape index (κ1) is 33.8. The van der Waals surface area contributed by atoms with E-state index in [0.717, 1.165) is 0 Å². The maximum atomic E-state index is 10.2. The van der Waals surface area contributed by atoms with Crippen LogP contribution in [0.25, 0.3) is 0 Å². The first-order valence-electron chi connectivity index (χ1n) is 12.2. The smallest absolute Gasteiger partial charge is 0.325 e. The molecule has 0 spiro atoms. The van der Waals surface area contributed by atoms with Gasteiger partial charge in [0, 0.05) is 0 Å². The summed E-state index contributed by atoms with van der Waals surface area (Å²) < 4.78 is 30.0. The fraction of sp³-hybridized carbons (Fsp3) is 0.826. The summed E-state index contributed by atoms with van der Waals surface area (Å²) in [5, 5.41) is 13.9. The van der Waals surface area contributed by atoms with Crippen LogP contribution in [-0.4, -0.2) is 68.3 Å². The van der Waals surface area contributed by atoms with E-state index in [9.17, 15) is 18.0 Å². The zero-order valence-corrected chi connectivity index (χ0v) is 23.2. The van der Waals surface area contributed by atoms with E-state index in [0.29, 0.717) is 0 Å². The maximum Gasteiger partial charge on any atom is 0.325 e. The first-order valence-corrected chi connectivity index (χ1v) is 15.1. The molecule has 3 N–H and O–H groups in total. The van der Waals surface area contributed by atoms with Crippen molar-refractivity contribution in [1.29, 1.82) is 0 Å². The van der Waals surface area contributed by atoms with Gasteiger partial charge in [-0.2, -0.15) is 8.42 Å². The number of carboxylic acids is 2. The van der Waals surface area contributed by atoms with Crippen LogP contribution in [0.2, 0.25) is 3.67 Å². The molecule has 0 aliphatic carbocycles. The molecule has 0 aliphatic heterocycles. The van der Waals surface area contributed by atoms with Crippen molar-refractivity contribution in [3.8, 4) is 0 Å². The van der Waals surface area contributed by atoms with E-state index >= 15 is 0 Å². The summed E-state index contributed by atoms with van der Waals surface area (Å²) in [4.78, 5) is 20.0. The van der Waals surface area contributed by atoms with Crippen LogP contribution in [0.4, 0.5) is 0 Å². The molecule has 0 saturated heterocycles. The normalized spacial score (nSPS) is 11.9. The molecule has 0 radical (unpaired) electrons. The Morgan fingerprint density at radius 1 is 0.812 bits per heavy atom. The molecule has 0 rings (SSSR count). The Balaban J connectivity index is 0. The second-order valence-corrected chi connectivity index (χ2v) is 10.7. The number of hydrogen-bond donors (Lipinski definition) is 3. The molecule has 0 aromatic carbocycles. The molecule has 0 heterocycles. The summed E-state index contributed by atoms with van der Waals surface area (Å²) in [6.45, 7) is 4.60. The molecule has 32 heavy (non-hydrogen) atoms. The van der Waals surface area contributed by atoms with Crippen LogP contribution in [0.3, 0.4) is 0 Å². The quantitative estimate of drug-likeness (QED) is 0.0910. The van der Waals surface area contributed by atoms with Crippen LogP contribution in [0.1, 0.15) is 110 Å². The largest absolute Gasteiger partial charge is 0.481 e. The molecule has 9 heteroatoms. The first-order chi connectivity index (χ1) is 15.1. The van der Waals surface area contributed by atoms with Gasteiger partial charge in [-0.1, -0.05) is 0 Å². The Kier molecular flexibility index (Phi) is 23.6. The molecule has 0 fully saturated rings. The van der Waals surface area contributed by atoms with Gasteiger partial charge in [-0.3, -0.25) is 14.1 Å². The van der Waals surface area contributed by atoms with E-state index in [1.54, 1.807) is 5.57 Å². The van der Waals surface area contributed by atoms with Gasteiger partial charge < -0.3 is 10.2 Å².